The van der Waals surface area contributed by atoms with Crippen LogP contribution in [0.3, 0.4) is 0 Å². The van der Waals surface area contributed by atoms with Crippen LogP contribution in [0.25, 0.3) is 0 Å². The molecule has 1 aromatic rings. The van der Waals surface area contributed by atoms with Gasteiger partial charge in [0, 0.05) is 24.7 Å². The maximum absolute atomic E-state index is 11.8. The van der Waals surface area contributed by atoms with Crippen molar-refractivity contribution in [3.63, 3.8) is 0 Å². The van der Waals surface area contributed by atoms with Gasteiger partial charge in [-0.2, -0.15) is 0 Å². The predicted octanol–water partition coefficient (Wildman–Crippen LogP) is 3.19. The number of carbonyl (C=O) groups is 1. The van der Waals surface area contributed by atoms with Gasteiger partial charge in [0.15, 0.2) is 0 Å². The van der Waals surface area contributed by atoms with Gasteiger partial charge in [0.2, 0.25) is 0 Å². The molecule has 0 unspecified atom stereocenters. The van der Waals surface area contributed by atoms with E-state index >= 15 is 0 Å². The monoisotopic (exact) mass is 293 g/mol. The van der Waals surface area contributed by atoms with Gasteiger partial charge in [-0.3, -0.25) is 14.9 Å². The van der Waals surface area contributed by atoms with Crippen LogP contribution >= 0.6 is 0 Å². The molecule has 0 aliphatic heterocycles. The quantitative estimate of drug-likeness (QED) is 0.623. The first kappa shape index (κ1) is 16.9. The third-order valence-electron chi connectivity index (χ3n) is 2.98. The molecule has 0 saturated heterocycles. The highest BCUT2D eigenvalue weighted by Gasteiger charge is 2.17. The minimum atomic E-state index is -0.444. The van der Waals surface area contributed by atoms with Gasteiger partial charge in [0.05, 0.1) is 4.92 Å². The zero-order chi connectivity index (χ0) is 16.0. The zero-order valence-electron chi connectivity index (χ0n) is 13.0. The van der Waals surface area contributed by atoms with E-state index in [-0.39, 0.29) is 17.0 Å². The summed E-state index contributed by atoms with van der Waals surface area (Å²) in [4.78, 5) is 22.4. The van der Waals surface area contributed by atoms with E-state index in [1.165, 1.54) is 18.2 Å². The molecule has 1 aromatic carbocycles. The molecule has 1 rings (SSSR count). The summed E-state index contributed by atoms with van der Waals surface area (Å²) in [6.45, 7) is 9.27. The lowest BCUT2D eigenvalue weighted by Gasteiger charge is -2.18. The van der Waals surface area contributed by atoms with Gasteiger partial charge in [0.1, 0.15) is 5.69 Å². The number of nitro groups is 1. The molecule has 116 valence electrons. The molecule has 6 heteroatoms. The molecule has 0 saturated carbocycles. The second-order valence-corrected chi connectivity index (χ2v) is 6.09. The third-order valence-corrected chi connectivity index (χ3v) is 2.98. The summed E-state index contributed by atoms with van der Waals surface area (Å²) in [5, 5.41) is 16.8. The van der Waals surface area contributed by atoms with E-state index in [1.807, 2.05) is 6.92 Å². The van der Waals surface area contributed by atoms with Crippen LogP contribution in [-0.4, -0.2) is 23.9 Å². The molecule has 0 aliphatic carbocycles. The number of nitrogens with zero attached hydrogens (tertiary/aromatic N) is 1. The molecule has 0 radical (unpaired) electrons. The van der Waals surface area contributed by atoms with E-state index in [9.17, 15) is 14.9 Å². The number of anilines is 1. The zero-order valence-corrected chi connectivity index (χ0v) is 13.0. The third kappa shape index (κ3) is 5.41. The van der Waals surface area contributed by atoms with Crippen LogP contribution in [0.2, 0.25) is 0 Å². The summed E-state index contributed by atoms with van der Waals surface area (Å²) in [5.41, 5.74) is 0.921. The van der Waals surface area contributed by atoms with Crippen molar-refractivity contribution in [1.82, 2.24) is 5.32 Å². The van der Waals surface area contributed by atoms with Crippen molar-refractivity contribution in [2.45, 2.75) is 34.1 Å². The van der Waals surface area contributed by atoms with Gasteiger partial charge < -0.3 is 10.6 Å². The Morgan fingerprint density at radius 2 is 2.00 bits per heavy atom. The van der Waals surface area contributed by atoms with E-state index < -0.39 is 4.92 Å². The van der Waals surface area contributed by atoms with Crippen LogP contribution in [0.5, 0.6) is 0 Å². The smallest absolute Gasteiger partial charge is 0.292 e. The summed E-state index contributed by atoms with van der Waals surface area (Å²) < 4.78 is 0. The van der Waals surface area contributed by atoms with E-state index in [1.54, 1.807) is 0 Å². The standard InChI is InChI=1S/C15H23N3O3/c1-5-16-14(19)11-6-7-13(18(20)21)12(10-11)17-9-8-15(2,3)4/h6-7,10,17H,5,8-9H2,1-4H3,(H,16,19). The highest BCUT2D eigenvalue weighted by atomic mass is 16.6. The van der Waals surface area contributed by atoms with Gasteiger partial charge in [0.25, 0.3) is 11.6 Å². The summed E-state index contributed by atoms with van der Waals surface area (Å²) in [5.74, 6) is -0.230. The Labute approximate surface area is 125 Å². The van der Waals surface area contributed by atoms with Crippen LogP contribution in [0.1, 0.15) is 44.5 Å². The number of carbonyl (C=O) groups excluding carboxylic acids is 1. The molecule has 0 bridgehead atoms. The largest absolute Gasteiger partial charge is 0.379 e. The van der Waals surface area contributed by atoms with Crippen LogP contribution in [-0.2, 0) is 0 Å². The van der Waals surface area contributed by atoms with Crippen LogP contribution in [0, 0.1) is 15.5 Å². The van der Waals surface area contributed by atoms with Crippen molar-refractivity contribution in [3.8, 4) is 0 Å². The van der Waals surface area contributed by atoms with Crippen LogP contribution in [0.15, 0.2) is 18.2 Å². The Bertz CT molecular complexity index is 521. The Kier molecular flexibility index (Phi) is 5.69. The molecular weight excluding hydrogens is 270 g/mol. The number of nitro benzene ring substituents is 1. The fourth-order valence-corrected chi connectivity index (χ4v) is 1.81. The first-order chi connectivity index (χ1) is 9.74. The number of hydrogen-bond donors (Lipinski definition) is 2. The first-order valence-electron chi connectivity index (χ1n) is 7.05. The Balaban J connectivity index is 2.94. The lowest BCUT2D eigenvalue weighted by Crippen LogP contribution is -2.23. The molecule has 2 N–H and O–H groups in total. The topological polar surface area (TPSA) is 84.3 Å². The minimum absolute atomic E-state index is 0.0167. The van der Waals surface area contributed by atoms with Crippen molar-refractivity contribution < 1.29 is 9.72 Å². The van der Waals surface area contributed by atoms with E-state index in [0.29, 0.717) is 24.3 Å². The predicted molar refractivity (Wildman–Crippen MR) is 83.7 cm³/mol. The summed E-state index contributed by atoms with van der Waals surface area (Å²) >= 11 is 0. The lowest BCUT2D eigenvalue weighted by atomic mass is 9.92. The highest BCUT2D eigenvalue weighted by molar-refractivity contribution is 5.95. The van der Waals surface area contributed by atoms with Crippen LogP contribution in [0.4, 0.5) is 11.4 Å². The highest BCUT2D eigenvalue weighted by Crippen LogP contribution is 2.26. The van der Waals surface area contributed by atoms with Gasteiger partial charge in [-0.15, -0.1) is 0 Å². The van der Waals surface area contributed by atoms with Gasteiger partial charge in [-0.25, -0.2) is 0 Å². The van der Waals surface area contributed by atoms with Crippen molar-refractivity contribution in [2.24, 2.45) is 5.41 Å². The fraction of sp³-hybridized carbons (Fsp3) is 0.533. The molecule has 21 heavy (non-hydrogen) atoms. The van der Waals surface area contributed by atoms with Crippen molar-refractivity contribution in [1.29, 1.82) is 0 Å². The molecule has 0 spiro atoms. The molecule has 6 nitrogen and oxygen atoms in total. The fourth-order valence-electron chi connectivity index (χ4n) is 1.81. The van der Waals surface area contributed by atoms with Crippen LogP contribution < -0.4 is 10.6 Å². The second kappa shape index (κ2) is 7.06. The number of amides is 1. The van der Waals surface area contributed by atoms with Crippen molar-refractivity contribution >= 4 is 17.3 Å². The maximum atomic E-state index is 11.8. The van der Waals surface area contributed by atoms with Crippen molar-refractivity contribution in [2.75, 3.05) is 18.4 Å². The minimum Gasteiger partial charge on any atom is -0.379 e. The second-order valence-electron chi connectivity index (χ2n) is 6.09. The lowest BCUT2D eigenvalue weighted by molar-refractivity contribution is -0.384. The Morgan fingerprint density at radius 3 is 2.52 bits per heavy atom. The van der Waals surface area contributed by atoms with E-state index in [0.717, 1.165) is 6.42 Å². The molecule has 0 aliphatic rings. The van der Waals surface area contributed by atoms with Gasteiger partial charge in [-0.05, 0) is 30.9 Å². The SMILES string of the molecule is CCNC(=O)c1ccc([N+](=O)[O-])c(NCCC(C)(C)C)c1. The molecule has 1 amide bonds. The number of benzene rings is 1. The molecular formula is C15H23N3O3. The van der Waals surface area contributed by atoms with Gasteiger partial charge in [-0.1, -0.05) is 20.8 Å². The summed E-state index contributed by atoms with van der Waals surface area (Å²) in [6.07, 6.45) is 0.871. The normalized spacial score (nSPS) is 11.0. The van der Waals surface area contributed by atoms with Crippen molar-refractivity contribution in [3.05, 3.63) is 33.9 Å². The summed E-state index contributed by atoms with van der Waals surface area (Å²) in [7, 11) is 0. The molecule has 0 atom stereocenters. The Morgan fingerprint density at radius 1 is 1.33 bits per heavy atom. The first-order valence-corrected chi connectivity index (χ1v) is 7.05. The van der Waals surface area contributed by atoms with E-state index in [2.05, 4.69) is 31.4 Å². The number of nitrogens with one attached hydrogen (secondary N) is 2. The van der Waals surface area contributed by atoms with Gasteiger partial charge >= 0.3 is 0 Å². The average Bonchev–Trinajstić information content (AvgIpc) is 2.37. The Hall–Kier alpha value is -2.11. The van der Waals surface area contributed by atoms with E-state index in [4.69, 9.17) is 0 Å². The molecule has 0 heterocycles. The summed E-state index contributed by atoms with van der Waals surface area (Å²) in [6, 6.07) is 4.37. The molecule has 0 aromatic heterocycles. The number of rotatable bonds is 6. The number of hydrogen-bond acceptors (Lipinski definition) is 4. The average molecular weight is 293 g/mol. The molecule has 0 fully saturated rings. The maximum Gasteiger partial charge on any atom is 0.292 e.